The molecule has 0 bridgehead atoms. The summed E-state index contributed by atoms with van der Waals surface area (Å²) in [5.41, 5.74) is 4.12. The Morgan fingerprint density at radius 1 is 0.750 bits per heavy atom. The first-order chi connectivity index (χ1) is 21.3. The van der Waals surface area contributed by atoms with E-state index in [2.05, 4.69) is 127 Å². The molecule has 4 aromatic carbocycles. The molecule has 1 N–H and O–H groups in total. The van der Waals surface area contributed by atoms with Gasteiger partial charge in [-0.25, -0.2) is 4.79 Å². The van der Waals surface area contributed by atoms with Gasteiger partial charge in [-0.2, -0.15) is 0 Å². The largest absolute Gasteiger partial charge is 0.444 e. The van der Waals surface area contributed by atoms with Crippen LogP contribution in [0.3, 0.4) is 0 Å². The summed E-state index contributed by atoms with van der Waals surface area (Å²) in [5.74, 6) is 0.633. The maximum Gasteiger partial charge on any atom is 0.410 e. The van der Waals surface area contributed by atoms with Gasteiger partial charge in [0.05, 0.1) is 5.54 Å². The van der Waals surface area contributed by atoms with Gasteiger partial charge in [0.1, 0.15) is 5.60 Å². The predicted octanol–water partition coefficient (Wildman–Crippen LogP) is 9.00. The van der Waals surface area contributed by atoms with Gasteiger partial charge >= 0.3 is 6.09 Å². The summed E-state index contributed by atoms with van der Waals surface area (Å²) in [4.78, 5) is 14.5. The maximum absolute atomic E-state index is 12.6. The Bertz CT molecular complexity index is 1310. The first-order valence-electron chi connectivity index (χ1n) is 16.3. The van der Waals surface area contributed by atoms with E-state index in [0.717, 1.165) is 45.2 Å². The predicted molar refractivity (Wildman–Crippen MR) is 181 cm³/mol. The van der Waals surface area contributed by atoms with Gasteiger partial charge in [-0.1, -0.05) is 134 Å². The Morgan fingerprint density at radius 2 is 1.20 bits per heavy atom. The number of likely N-dealkylation sites (tertiary alicyclic amines) is 1. The lowest BCUT2D eigenvalue weighted by Crippen LogP contribution is -2.50. The van der Waals surface area contributed by atoms with Crippen LogP contribution >= 0.6 is 0 Å². The van der Waals surface area contributed by atoms with Crippen LogP contribution in [0.1, 0.15) is 75.1 Å². The van der Waals surface area contributed by atoms with Crippen molar-refractivity contribution in [2.45, 2.75) is 76.5 Å². The molecular weight excluding hydrogens is 540 g/mol. The molecule has 0 saturated carbocycles. The minimum absolute atomic E-state index is 0.179. The van der Waals surface area contributed by atoms with E-state index < -0.39 is 11.1 Å². The third-order valence-corrected chi connectivity index (χ3v) is 8.80. The van der Waals surface area contributed by atoms with Crippen LogP contribution in [0.15, 0.2) is 121 Å². The van der Waals surface area contributed by atoms with Crippen molar-refractivity contribution in [1.82, 2.24) is 10.2 Å². The van der Waals surface area contributed by atoms with Crippen molar-refractivity contribution in [3.8, 4) is 0 Å². The van der Waals surface area contributed by atoms with Gasteiger partial charge in [-0.05, 0) is 74.6 Å². The lowest BCUT2D eigenvalue weighted by Gasteiger charge is -2.40. The van der Waals surface area contributed by atoms with Gasteiger partial charge in [-0.3, -0.25) is 5.32 Å². The lowest BCUT2D eigenvalue weighted by molar-refractivity contribution is 0.0180. The number of ether oxygens (including phenoxy) is 1. The van der Waals surface area contributed by atoms with Crippen molar-refractivity contribution in [1.29, 1.82) is 0 Å². The second-order valence-electron chi connectivity index (χ2n) is 13.2. The average molecular weight is 589 g/mol. The fourth-order valence-corrected chi connectivity index (χ4v) is 6.63. The summed E-state index contributed by atoms with van der Waals surface area (Å²) in [5, 5.41) is 4.28. The molecule has 4 nitrogen and oxygen atoms in total. The number of nitrogens with zero attached hydrogens (tertiary/aromatic N) is 1. The number of carbonyl (C=O) groups excluding carboxylic acids is 1. The SMILES string of the molecule is CC(C)(C)OC(=O)N1CCC(CCC[C@@H](Cc2ccccc2)NC(c2ccccc2)(c2ccccc2)c2ccccc2)CC1. The van der Waals surface area contributed by atoms with Gasteiger partial charge in [0.2, 0.25) is 0 Å². The minimum atomic E-state index is -0.498. The Hall–Kier alpha value is -3.89. The van der Waals surface area contributed by atoms with E-state index in [1.165, 1.54) is 28.7 Å². The van der Waals surface area contributed by atoms with Crippen LogP contribution in [0, 0.1) is 5.92 Å². The number of benzene rings is 4. The van der Waals surface area contributed by atoms with Crippen LogP contribution in [-0.4, -0.2) is 35.7 Å². The number of piperidine rings is 1. The average Bonchev–Trinajstić information content (AvgIpc) is 3.05. The zero-order valence-corrected chi connectivity index (χ0v) is 26.6. The molecule has 1 atom stereocenters. The standard InChI is InChI=1S/C40H48N2O2/c1-39(2,3)44-38(43)42-29-27-32(28-30-42)19-16-26-37(31-33-17-8-4-9-18-33)41-40(34-20-10-5-11-21-34,35-22-12-6-13-23-35)36-24-14-7-15-25-36/h4-15,17-18,20-25,32,37,41H,16,19,26-31H2,1-3H3/t37-/m0/s1. The van der Waals surface area contributed by atoms with Crippen molar-refractivity contribution in [2.24, 2.45) is 5.92 Å². The second kappa shape index (κ2) is 14.7. The molecular formula is C40H48N2O2. The summed E-state index contributed by atoms with van der Waals surface area (Å²) in [6.45, 7) is 7.35. The van der Waals surface area contributed by atoms with Crippen LogP contribution in [0.4, 0.5) is 4.79 Å². The highest BCUT2D eigenvalue weighted by molar-refractivity contribution is 5.68. The first-order valence-corrected chi connectivity index (χ1v) is 16.3. The zero-order valence-electron chi connectivity index (χ0n) is 26.6. The van der Waals surface area contributed by atoms with Gasteiger partial charge in [0, 0.05) is 19.1 Å². The molecule has 230 valence electrons. The molecule has 1 amide bonds. The van der Waals surface area contributed by atoms with E-state index in [0.29, 0.717) is 5.92 Å². The molecule has 1 aliphatic heterocycles. The second-order valence-corrected chi connectivity index (χ2v) is 13.2. The van der Waals surface area contributed by atoms with Crippen LogP contribution in [-0.2, 0) is 16.7 Å². The first kappa shape index (κ1) is 31.5. The fourth-order valence-electron chi connectivity index (χ4n) is 6.63. The Labute approximate surface area is 264 Å². The van der Waals surface area contributed by atoms with E-state index in [4.69, 9.17) is 4.74 Å². The Balaban J connectivity index is 1.37. The molecule has 1 fully saturated rings. The fraction of sp³-hybridized carbons (Fsp3) is 0.375. The molecule has 5 rings (SSSR count). The Morgan fingerprint density at radius 3 is 1.66 bits per heavy atom. The number of hydrogen-bond donors (Lipinski definition) is 1. The van der Waals surface area contributed by atoms with Gasteiger partial charge < -0.3 is 9.64 Å². The van der Waals surface area contributed by atoms with Crippen molar-refractivity contribution in [3.05, 3.63) is 144 Å². The monoisotopic (exact) mass is 588 g/mol. The highest BCUT2D eigenvalue weighted by Crippen LogP contribution is 2.38. The molecule has 4 aromatic rings. The van der Waals surface area contributed by atoms with Crippen molar-refractivity contribution in [3.63, 3.8) is 0 Å². The topological polar surface area (TPSA) is 41.6 Å². The number of hydrogen-bond acceptors (Lipinski definition) is 3. The van der Waals surface area contributed by atoms with Gasteiger partial charge in [0.15, 0.2) is 0 Å². The molecule has 0 aliphatic carbocycles. The highest BCUT2D eigenvalue weighted by atomic mass is 16.6. The van der Waals surface area contributed by atoms with E-state index in [-0.39, 0.29) is 12.1 Å². The van der Waals surface area contributed by atoms with Gasteiger partial charge in [0.25, 0.3) is 0 Å². The molecule has 0 radical (unpaired) electrons. The molecule has 0 unspecified atom stereocenters. The molecule has 1 saturated heterocycles. The Kier molecular flexibility index (Phi) is 10.6. The third kappa shape index (κ3) is 8.18. The normalized spacial score (nSPS) is 15.1. The summed E-state index contributed by atoms with van der Waals surface area (Å²) >= 11 is 0. The molecule has 44 heavy (non-hydrogen) atoms. The number of amides is 1. The van der Waals surface area contributed by atoms with E-state index >= 15 is 0 Å². The minimum Gasteiger partial charge on any atom is -0.444 e. The smallest absolute Gasteiger partial charge is 0.410 e. The van der Waals surface area contributed by atoms with Crippen molar-refractivity contribution < 1.29 is 9.53 Å². The van der Waals surface area contributed by atoms with E-state index in [1.54, 1.807) is 0 Å². The molecule has 1 aliphatic rings. The van der Waals surface area contributed by atoms with Crippen LogP contribution in [0.5, 0.6) is 0 Å². The van der Waals surface area contributed by atoms with Crippen molar-refractivity contribution in [2.75, 3.05) is 13.1 Å². The molecule has 0 aromatic heterocycles. The number of carbonyl (C=O) groups is 1. The van der Waals surface area contributed by atoms with Crippen LogP contribution in [0.2, 0.25) is 0 Å². The maximum atomic E-state index is 12.6. The summed E-state index contributed by atoms with van der Waals surface area (Å²) in [6, 6.07) is 43.8. The lowest BCUT2D eigenvalue weighted by atomic mass is 9.76. The quantitative estimate of drug-likeness (QED) is 0.178. The van der Waals surface area contributed by atoms with Crippen LogP contribution < -0.4 is 5.32 Å². The number of rotatable bonds is 11. The van der Waals surface area contributed by atoms with Gasteiger partial charge in [-0.15, -0.1) is 0 Å². The highest BCUT2D eigenvalue weighted by Gasteiger charge is 2.38. The molecule has 1 heterocycles. The van der Waals surface area contributed by atoms with E-state index in [1.807, 2.05) is 25.7 Å². The summed E-state index contributed by atoms with van der Waals surface area (Å²) < 4.78 is 5.62. The van der Waals surface area contributed by atoms with Crippen molar-refractivity contribution >= 4 is 6.09 Å². The molecule has 4 heteroatoms. The zero-order chi connectivity index (χ0) is 30.8. The van der Waals surface area contributed by atoms with E-state index in [9.17, 15) is 4.79 Å². The summed E-state index contributed by atoms with van der Waals surface area (Å²) in [7, 11) is 0. The summed E-state index contributed by atoms with van der Waals surface area (Å²) in [6.07, 6.45) is 6.22. The van der Waals surface area contributed by atoms with Crippen LogP contribution in [0.25, 0.3) is 0 Å². The third-order valence-electron chi connectivity index (χ3n) is 8.80. The number of nitrogens with one attached hydrogen (secondary N) is 1. The molecule has 0 spiro atoms.